The van der Waals surface area contributed by atoms with Crippen LogP contribution in [0.15, 0.2) is 78.0 Å². The average molecular weight is 484 g/mol. The molecular weight excluding hydrogens is 458 g/mol. The van der Waals surface area contributed by atoms with E-state index in [4.69, 9.17) is 0 Å². The molecule has 8 heteroatoms. The van der Waals surface area contributed by atoms with E-state index in [1.165, 1.54) is 22.2 Å². The number of aromatic nitrogens is 3. The second-order valence-corrected chi connectivity index (χ2v) is 9.46. The quantitative estimate of drug-likeness (QED) is 0.407. The van der Waals surface area contributed by atoms with Crippen LogP contribution in [0.4, 0.5) is 11.4 Å². The van der Waals surface area contributed by atoms with Gasteiger partial charge in [-0.2, -0.15) is 0 Å². The lowest BCUT2D eigenvalue weighted by atomic mass is 10.1. The van der Waals surface area contributed by atoms with Crippen molar-refractivity contribution in [2.75, 3.05) is 22.5 Å². The van der Waals surface area contributed by atoms with E-state index >= 15 is 0 Å². The number of aryl methyl sites for hydroxylation is 2. The van der Waals surface area contributed by atoms with Crippen LogP contribution in [0, 0.1) is 13.8 Å². The van der Waals surface area contributed by atoms with Crippen molar-refractivity contribution in [2.45, 2.75) is 25.4 Å². The topological polar surface area (TPSA) is 80.1 Å². The Kier molecular flexibility index (Phi) is 6.37. The molecule has 0 radical (unpaired) electrons. The highest BCUT2D eigenvalue weighted by Crippen LogP contribution is 2.31. The maximum atomic E-state index is 13.2. The standard InChI is InChI=1S/C27H25N5O2S/c1-18-12-13-22(19(2)14-18)32-24(15-20-8-4-3-5-9-20)29-30-27(32)35-17-26(34)31-16-25(33)28-21-10-6-7-11-23(21)31/h3-14H,15-17H2,1-2H3,(H,28,33). The Morgan fingerprint density at radius 1 is 0.971 bits per heavy atom. The maximum Gasteiger partial charge on any atom is 0.244 e. The maximum absolute atomic E-state index is 13.2. The van der Waals surface area contributed by atoms with Crippen molar-refractivity contribution in [3.8, 4) is 5.69 Å². The number of rotatable bonds is 6. The number of amides is 2. The van der Waals surface area contributed by atoms with Gasteiger partial charge in [-0.1, -0.05) is 71.9 Å². The first-order valence-electron chi connectivity index (χ1n) is 11.4. The van der Waals surface area contributed by atoms with Crippen LogP contribution < -0.4 is 10.2 Å². The van der Waals surface area contributed by atoms with Crippen LogP contribution in [0.1, 0.15) is 22.5 Å². The molecule has 2 heterocycles. The predicted octanol–water partition coefficient (Wildman–Crippen LogP) is 4.55. The molecule has 0 saturated heterocycles. The van der Waals surface area contributed by atoms with Gasteiger partial charge in [0.2, 0.25) is 11.8 Å². The summed E-state index contributed by atoms with van der Waals surface area (Å²) >= 11 is 1.33. The number of nitrogens with one attached hydrogen (secondary N) is 1. The van der Waals surface area contributed by atoms with Gasteiger partial charge in [0, 0.05) is 6.42 Å². The highest BCUT2D eigenvalue weighted by atomic mass is 32.2. The third kappa shape index (κ3) is 4.83. The number of thioether (sulfide) groups is 1. The van der Waals surface area contributed by atoms with Crippen LogP contribution in [0.25, 0.3) is 5.69 Å². The Morgan fingerprint density at radius 3 is 2.54 bits per heavy atom. The fraction of sp³-hybridized carbons (Fsp3) is 0.185. The van der Waals surface area contributed by atoms with Crippen LogP contribution in [0.5, 0.6) is 0 Å². The van der Waals surface area contributed by atoms with Gasteiger partial charge in [-0.05, 0) is 43.2 Å². The summed E-state index contributed by atoms with van der Waals surface area (Å²) in [4.78, 5) is 26.9. The van der Waals surface area contributed by atoms with Crippen LogP contribution in [0.2, 0.25) is 0 Å². The lowest BCUT2D eigenvalue weighted by Crippen LogP contribution is -2.43. The molecule has 2 amide bonds. The first kappa shape index (κ1) is 22.9. The monoisotopic (exact) mass is 483 g/mol. The Labute approximate surface area is 208 Å². The molecule has 1 aromatic heterocycles. The summed E-state index contributed by atoms with van der Waals surface area (Å²) in [5, 5.41) is 12.4. The molecule has 0 atom stereocenters. The summed E-state index contributed by atoms with van der Waals surface area (Å²) in [5.41, 5.74) is 5.76. The Morgan fingerprint density at radius 2 is 1.74 bits per heavy atom. The molecule has 1 aliphatic heterocycles. The van der Waals surface area contributed by atoms with Crippen molar-refractivity contribution in [1.82, 2.24) is 14.8 Å². The second-order valence-electron chi connectivity index (χ2n) is 8.52. The van der Waals surface area contributed by atoms with Gasteiger partial charge in [0.05, 0.1) is 22.8 Å². The van der Waals surface area contributed by atoms with Gasteiger partial charge in [0.15, 0.2) is 5.16 Å². The summed E-state index contributed by atoms with van der Waals surface area (Å²) in [6, 6.07) is 23.7. The van der Waals surface area contributed by atoms with E-state index in [2.05, 4.69) is 59.7 Å². The number of para-hydroxylation sites is 2. The van der Waals surface area contributed by atoms with E-state index in [1.807, 2.05) is 41.0 Å². The summed E-state index contributed by atoms with van der Waals surface area (Å²) in [7, 11) is 0. The zero-order chi connectivity index (χ0) is 24.4. The number of hydrogen-bond acceptors (Lipinski definition) is 5. The van der Waals surface area contributed by atoms with Crippen LogP contribution in [-0.4, -0.2) is 38.9 Å². The van der Waals surface area contributed by atoms with Gasteiger partial charge < -0.3 is 10.2 Å². The van der Waals surface area contributed by atoms with Crippen LogP contribution in [-0.2, 0) is 16.0 Å². The third-order valence-electron chi connectivity index (χ3n) is 5.90. The number of carbonyl (C=O) groups is 2. The number of anilines is 2. The molecule has 0 bridgehead atoms. The molecule has 1 N–H and O–H groups in total. The van der Waals surface area contributed by atoms with Crippen LogP contribution >= 0.6 is 11.8 Å². The Bertz CT molecular complexity index is 1400. The summed E-state index contributed by atoms with van der Waals surface area (Å²) < 4.78 is 2.04. The lowest BCUT2D eigenvalue weighted by molar-refractivity contribution is -0.120. The first-order chi connectivity index (χ1) is 17.0. The van der Waals surface area contributed by atoms with E-state index in [9.17, 15) is 9.59 Å². The molecule has 4 aromatic rings. The number of hydrogen-bond donors (Lipinski definition) is 1. The van der Waals surface area contributed by atoms with E-state index < -0.39 is 0 Å². The van der Waals surface area contributed by atoms with Gasteiger partial charge in [0.1, 0.15) is 12.4 Å². The highest BCUT2D eigenvalue weighted by molar-refractivity contribution is 7.99. The molecule has 35 heavy (non-hydrogen) atoms. The lowest BCUT2D eigenvalue weighted by Gasteiger charge is -2.29. The average Bonchev–Trinajstić information content (AvgIpc) is 3.24. The molecule has 0 aliphatic carbocycles. The Hall–Kier alpha value is -3.91. The minimum atomic E-state index is -0.203. The number of benzene rings is 3. The van der Waals surface area contributed by atoms with Gasteiger partial charge >= 0.3 is 0 Å². The van der Waals surface area contributed by atoms with Crippen molar-refractivity contribution < 1.29 is 9.59 Å². The SMILES string of the molecule is Cc1ccc(-n2c(Cc3ccccc3)nnc2SCC(=O)N2CC(=O)Nc3ccccc32)c(C)c1. The Balaban J connectivity index is 1.44. The number of carbonyl (C=O) groups excluding carboxylic acids is 2. The van der Waals surface area contributed by atoms with Gasteiger partial charge in [-0.3, -0.25) is 14.2 Å². The van der Waals surface area contributed by atoms with Crippen molar-refractivity contribution in [1.29, 1.82) is 0 Å². The van der Waals surface area contributed by atoms with Gasteiger partial charge in [0.25, 0.3) is 0 Å². The zero-order valence-corrected chi connectivity index (χ0v) is 20.4. The van der Waals surface area contributed by atoms with Crippen molar-refractivity contribution in [2.24, 2.45) is 0 Å². The fourth-order valence-corrected chi connectivity index (χ4v) is 5.08. The number of nitrogens with zero attached hydrogens (tertiary/aromatic N) is 4. The van der Waals surface area contributed by atoms with E-state index in [0.29, 0.717) is 23.0 Å². The molecule has 7 nitrogen and oxygen atoms in total. The fourth-order valence-electron chi connectivity index (χ4n) is 4.24. The molecule has 0 spiro atoms. The van der Waals surface area contributed by atoms with Crippen LogP contribution in [0.3, 0.4) is 0 Å². The molecule has 0 unspecified atom stereocenters. The predicted molar refractivity (Wildman–Crippen MR) is 138 cm³/mol. The molecule has 0 saturated carbocycles. The molecule has 1 aliphatic rings. The third-order valence-corrected chi connectivity index (χ3v) is 6.81. The summed E-state index contributed by atoms with van der Waals surface area (Å²) in [6.45, 7) is 4.13. The van der Waals surface area contributed by atoms with Crippen molar-refractivity contribution >= 4 is 35.0 Å². The summed E-state index contributed by atoms with van der Waals surface area (Å²) in [6.07, 6.45) is 0.620. The normalized spacial score (nSPS) is 12.9. The molecular formula is C27H25N5O2S. The minimum absolute atomic E-state index is 0.000571. The highest BCUT2D eigenvalue weighted by Gasteiger charge is 2.27. The molecule has 0 fully saturated rings. The first-order valence-corrected chi connectivity index (χ1v) is 12.4. The van der Waals surface area contributed by atoms with Gasteiger partial charge in [-0.15, -0.1) is 10.2 Å². The van der Waals surface area contributed by atoms with E-state index in [1.54, 1.807) is 6.07 Å². The number of fused-ring (bicyclic) bond motifs is 1. The van der Waals surface area contributed by atoms with Crippen molar-refractivity contribution in [3.63, 3.8) is 0 Å². The smallest absolute Gasteiger partial charge is 0.244 e. The minimum Gasteiger partial charge on any atom is -0.323 e. The molecule has 3 aromatic carbocycles. The van der Waals surface area contributed by atoms with E-state index in [-0.39, 0.29) is 24.1 Å². The summed E-state index contributed by atoms with van der Waals surface area (Å²) in [5.74, 6) is 0.583. The van der Waals surface area contributed by atoms with E-state index in [0.717, 1.165) is 22.6 Å². The van der Waals surface area contributed by atoms with Gasteiger partial charge in [-0.25, -0.2) is 0 Å². The molecule has 176 valence electrons. The zero-order valence-electron chi connectivity index (χ0n) is 19.6. The second kappa shape index (κ2) is 9.76. The largest absolute Gasteiger partial charge is 0.323 e. The molecule has 5 rings (SSSR count). The van der Waals surface area contributed by atoms with Crippen molar-refractivity contribution in [3.05, 3.63) is 95.3 Å².